The van der Waals surface area contributed by atoms with E-state index < -0.39 is 0 Å². The first kappa shape index (κ1) is 31.3. The van der Waals surface area contributed by atoms with Crippen LogP contribution >= 0.6 is 11.3 Å². The Morgan fingerprint density at radius 2 is 1.07 bits per heavy atom. The topological polar surface area (TPSA) is 60.9 Å². The molecule has 0 aliphatic rings. The van der Waals surface area contributed by atoms with E-state index in [0.717, 1.165) is 71.9 Å². The SMILES string of the molecule is c1ccc(-c2nc(-c3ccccc3)nc(-n3c4ccccc4c4cc(-c5nn6c(-c7cccs7)cc7ccccc7c6c5-c5ccccc5)ccc43)n2)cc1. The van der Waals surface area contributed by atoms with Crippen LogP contribution in [0.3, 0.4) is 0 Å². The van der Waals surface area contributed by atoms with Crippen LogP contribution in [0.4, 0.5) is 0 Å². The fraction of sp³-hybridized carbons (Fsp3) is 0. The van der Waals surface area contributed by atoms with Gasteiger partial charge in [-0.2, -0.15) is 15.1 Å². The average molecular weight is 723 g/mol. The van der Waals surface area contributed by atoms with Gasteiger partial charge in [-0.15, -0.1) is 11.3 Å². The summed E-state index contributed by atoms with van der Waals surface area (Å²) in [6.07, 6.45) is 0. The van der Waals surface area contributed by atoms with Crippen LogP contribution in [-0.2, 0) is 0 Å². The predicted molar refractivity (Wildman–Crippen MR) is 225 cm³/mol. The van der Waals surface area contributed by atoms with Crippen molar-refractivity contribution >= 4 is 49.4 Å². The number of aromatic nitrogens is 6. The van der Waals surface area contributed by atoms with Crippen molar-refractivity contribution in [3.8, 4) is 61.7 Å². The van der Waals surface area contributed by atoms with Gasteiger partial charge in [-0.3, -0.25) is 4.57 Å². The quantitative estimate of drug-likeness (QED) is 0.171. The predicted octanol–water partition coefficient (Wildman–Crippen LogP) is 12.2. The molecule has 0 atom stereocenters. The Balaban J connectivity index is 1.19. The summed E-state index contributed by atoms with van der Waals surface area (Å²) in [5.74, 6) is 1.81. The molecule has 0 aliphatic heterocycles. The number of nitrogens with zero attached hydrogens (tertiary/aromatic N) is 6. The van der Waals surface area contributed by atoms with E-state index in [1.807, 2.05) is 60.7 Å². The largest absolute Gasteiger partial charge is 0.278 e. The lowest BCUT2D eigenvalue weighted by Crippen LogP contribution is -2.06. The summed E-state index contributed by atoms with van der Waals surface area (Å²) in [5, 5.41) is 12.2. The highest BCUT2D eigenvalue weighted by atomic mass is 32.1. The molecule has 11 rings (SSSR count). The van der Waals surface area contributed by atoms with Crippen LogP contribution in [-0.4, -0.2) is 29.1 Å². The van der Waals surface area contributed by atoms with Crippen LogP contribution in [0.5, 0.6) is 0 Å². The first-order valence-electron chi connectivity index (χ1n) is 18.2. The maximum atomic E-state index is 5.49. The first-order chi connectivity index (χ1) is 27.3. The molecule has 0 N–H and O–H groups in total. The molecule has 0 fully saturated rings. The Bertz CT molecular complexity index is 3130. The molecule has 0 saturated carbocycles. The highest BCUT2D eigenvalue weighted by Gasteiger charge is 2.24. The fourth-order valence-electron chi connectivity index (χ4n) is 7.80. The zero-order chi connectivity index (χ0) is 36.3. The Labute approximate surface area is 320 Å². The minimum absolute atomic E-state index is 0.566. The molecular formula is C48H30N6S. The van der Waals surface area contributed by atoms with Crippen molar-refractivity contribution < 1.29 is 0 Å². The average Bonchev–Trinajstić information content (AvgIpc) is 4.02. The first-order valence-corrected chi connectivity index (χ1v) is 19.1. The van der Waals surface area contributed by atoms with Gasteiger partial charge in [0.1, 0.15) is 5.69 Å². The second-order valence-corrected chi connectivity index (χ2v) is 14.5. The van der Waals surface area contributed by atoms with Crippen molar-refractivity contribution in [2.75, 3.05) is 0 Å². The molecule has 6 nitrogen and oxygen atoms in total. The Hall–Kier alpha value is -7.22. The zero-order valence-corrected chi connectivity index (χ0v) is 30.2. The third-order valence-corrected chi connectivity index (χ3v) is 11.2. The molecule has 7 heteroatoms. The van der Waals surface area contributed by atoms with Crippen molar-refractivity contribution in [1.29, 1.82) is 0 Å². The standard InChI is InChI=1S/C48H30N6S/c1-4-15-31(16-5-1)43-44(52-54-41(42-25-14-28-55-42)30-34-21-10-11-22-36(34)45(43)54)35-26-27-40-38(29-35)37-23-12-13-24-39(37)53(40)48-50-46(32-17-6-2-7-18-32)49-47(51-48)33-19-8-3-9-20-33/h1-30H. The summed E-state index contributed by atoms with van der Waals surface area (Å²) in [6, 6.07) is 61.2. The number of thiophene rings is 1. The van der Waals surface area contributed by atoms with Gasteiger partial charge < -0.3 is 0 Å². The molecule has 5 heterocycles. The minimum atomic E-state index is 0.566. The molecule has 55 heavy (non-hydrogen) atoms. The highest BCUT2D eigenvalue weighted by molar-refractivity contribution is 7.13. The lowest BCUT2D eigenvalue weighted by Gasteiger charge is -2.11. The van der Waals surface area contributed by atoms with Gasteiger partial charge in [-0.25, -0.2) is 9.50 Å². The number of para-hydroxylation sites is 1. The van der Waals surface area contributed by atoms with E-state index >= 15 is 0 Å². The number of fused-ring (bicyclic) bond motifs is 6. The summed E-state index contributed by atoms with van der Waals surface area (Å²) in [5.41, 5.74) is 10.2. The maximum Gasteiger partial charge on any atom is 0.238 e. The lowest BCUT2D eigenvalue weighted by molar-refractivity contribution is 0.953. The molecule has 5 aromatic heterocycles. The van der Waals surface area contributed by atoms with Crippen LogP contribution in [0.15, 0.2) is 181 Å². The number of benzene rings is 6. The molecule has 0 amide bonds. The summed E-state index contributed by atoms with van der Waals surface area (Å²) >= 11 is 1.73. The van der Waals surface area contributed by atoms with Crippen LogP contribution in [0.1, 0.15) is 0 Å². The van der Waals surface area contributed by atoms with E-state index in [1.165, 1.54) is 10.3 Å². The van der Waals surface area contributed by atoms with Gasteiger partial charge in [0.05, 0.1) is 27.1 Å². The Morgan fingerprint density at radius 1 is 0.455 bits per heavy atom. The summed E-state index contributed by atoms with van der Waals surface area (Å²) in [4.78, 5) is 16.4. The Morgan fingerprint density at radius 3 is 1.76 bits per heavy atom. The van der Waals surface area contributed by atoms with Crippen LogP contribution in [0, 0.1) is 0 Å². The summed E-state index contributed by atoms with van der Waals surface area (Å²) in [6.45, 7) is 0. The van der Waals surface area contributed by atoms with Crippen molar-refractivity contribution in [1.82, 2.24) is 29.1 Å². The van der Waals surface area contributed by atoms with Crippen LogP contribution < -0.4 is 0 Å². The van der Waals surface area contributed by atoms with Crippen molar-refractivity contribution in [2.24, 2.45) is 0 Å². The molecule has 0 aliphatic carbocycles. The van der Waals surface area contributed by atoms with Gasteiger partial charge in [-0.1, -0.05) is 146 Å². The molecule has 0 bridgehead atoms. The van der Waals surface area contributed by atoms with E-state index in [9.17, 15) is 0 Å². The fourth-order valence-corrected chi connectivity index (χ4v) is 8.53. The number of hydrogen-bond donors (Lipinski definition) is 0. The van der Waals surface area contributed by atoms with Gasteiger partial charge in [0.15, 0.2) is 11.6 Å². The van der Waals surface area contributed by atoms with Gasteiger partial charge in [0.25, 0.3) is 0 Å². The smallest absolute Gasteiger partial charge is 0.238 e. The van der Waals surface area contributed by atoms with Crippen molar-refractivity contribution in [2.45, 2.75) is 0 Å². The van der Waals surface area contributed by atoms with Gasteiger partial charge in [0.2, 0.25) is 5.95 Å². The van der Waals surface area contributed by atoms with E-state index in [-0.39, 0.29) is 0 Å². The molecule has 6 aromatic carbocycles. The summed E-state index contributed by atoms with van der Waals surface area (Å²) < 4.78 is 4.32. The van der Waals surface area contributed by atoms with E-state index in [4.69, 9.17) is 20.1 Å². The van der Waals surface area contributed by atoms with Gasteiger partial charge in [0, 0.05) is 38.4 Å². The zero-order valence-electron chi connectivity index (χ0n) is 29.4. The second-order valence-electron chi connectivity index (χ2n) is 13.5. The minimum Gasteiger partial charge on any atom is -0.278 e. The molecule has 11 aromatic rings. The Kier molecular flexibility index (Phi) is 7.25. The lowest BCUT2D eigenvalue weighted by atomic mass is 9.96. The molecule has 0 unspecified atom stereocenters. The maximum absolute atomic E-state index is 5.49. The third-order valence-electron chi connectivity index (χ3n) is 10.3. The van der Waals surface area contributed by atoms with Crippen molar-refractivity contribution in [3.05, 3.63) is 181 Å². The molecular weight excluding hydrogens is 693 g/mol. The molecule has 0 radical (unpaired) electrons. The normalized spacial score (nSPS) is 11.6. The van der Waals surface area contributed by atoms with Gasteiger partial charge in [-0.05, 0) is 46.7 Å². The van der Waals surface area contributed by atoms with Crippen LogP contribution in [0.2, 0.25) is 0 Å². The third kappa shape index (κ3) is 5.16. The van der Waals surface area contributed by atoms with E-state index in [2.05, 4.69) is 130 Å². The van der Waals surface area contributed by atoms with Crippen LogP contribution in [0.25, 0.3) is 99.8 Å². The van der Waals surface area contributed by atoms with Gasteiger partial charge >= 0.3 is 0 Å². The van der Waals surface area contributed by atoms with Crippen molar-refractivity contribution in [3.63, 3.8) is 0 Å². The highest BCUT2D eigenvalue weighted by Crippen LogP contribution is 2.43. The molecule has 0 spiro atoms. The number of rotatable bonds is 6. The summed E-state index contributed by atoms with van der Waals surface area (Å²) in [7, 11) is 0. The molecule has 258 valence electrons. The monoisotopic (exact) mass is 722 g/mol. The number of hydrogen-bond acceptors (Lipinski definition) is 5. The molecule has 0 saturated heterocycles. The second kappa shape index (κ2) is 12.7. The van der Waals surface area contributed by atoms with E-state index in [1.54, 1.807) is 11.3 Å². The van der Waals surface area contributed by atoms with E-state index in [0.29, 0.717) is 17.6 Å². The number of pyridine rings is 1.